The summed E-state index contributed by atoms with van der Waals surface area (Å²) in [5, 5.41) is 3.21. The summed E-state index contributed by atoms with van der Waals surface area (Å²) in [6.45, 7) is 4.03. The number of benzene rings is 1. The third-order valence-corrected chi connectivity index (χ3v) is 3.85. The van der Waals surface area contributed by atoms with E-state index in [0.717, 1.165) is 23.1 Å². The zero-order valence-corrected chi connectivity index (χ0v) is 11.0. The van der Waals surface area contributed by atoms with Gasteiger partial charge in [-0.05, 0) is 36.7 Å². The van der Waals surface area contributed by atoms with Crippen LogP contribution in [0.25, 0.3) is 0 Å². The summed E-state index contributed by atoms with van der Waals surface area (Å²) in [5.74, 6) is 1.08. The van der Waals surface area contributed by atoms with E-state index >= 15 is 0 Å². The van der Waals surface area contributed by atoms with Gasteiger partial charge in [-0.25, -0.2) is 0 Å². The Morgan fingerprint density at radius 1 is 1.44 bits per heavy atom. The first kappa shape index (κ1) is 11.8. The second kappa shape index (κ2) is 5.11. The van der Waals surface area contributed by atoms with Gasteiger partial charge in [-0.3, -0.25) is 4.79 Å². The van der Waals surface area contributed by atoms with Crippen LogP contribution in [0.5, 0.6) is 0 Å². The van der Waals surface area contributed by atoms with E-state index < -0.39 is 0 Å². The first-order valence-electron chi connectivity index (χ1n) is 5.64. The van der Waals surface area contributed by atoms with Gasteiger partial charge in [-0.1, -0.05) is 35.0 Å². The molecule has 0 aliphatic carbocycles. The van der Waals surface area contributed by atoms with E-state index in [9.17, 15) is 4.79 Å². The molecule has 2 rings (SSSR count). The lowest BCUT2D eigenvalue weighted by Crippen LogP contribution is -2.47. The van der Waals surface area contributed by atoms with Crippen molar-refractivity contribution >= 4 is 21.7 Å². The quantitative estimate of drug-likeness (QED) is 0.919. The van der Waals surface area contributed by atoms with E-state index in [2.05, 4.69) is 21.2 Å². The van der Waals surface area contributed by atoms with Crippen LogP contribution in [0.2, 0.25) is 0 Å². The summed E-state index contributed by atoms with van der Waals surface area (Å²) in [5.41, 5.74) is 1.10. The summed E-state index contributed by atoms with van der Waals surface area (Å²) in [7, 11) is 0. The van der Waals surface area contributed by atoms with Gasteiger partial charge in [0.15, 0.2) is 0 Å². The Bertz CT molecular complexity index is 370. The number of hydrogen-bond donors (Lipinski definition) is 1. The normalized spacial score (nSPS) is 17.9. The molecule has 1 aliphatic heterocycles. The van der Waals surface area contributed by atoms with Crippen molar-refractivity contribution in [3.05, 3.63) is 34.3 Å². The van der Waals surface area contributed by atoms with Crippen LogP contribution < -0.4 is 5.32 Å². The van der Waals surface area contributed by atoms with Crippen molar-refractivity contribution in [1.29, 1.82) is 0 Å². The molecule has 1 atom stereocenters. The van der Waals surface area contributed by atoms with Crippen LogP contribution in [-0.4, -0.2) is 18.9 Å². The van der Waals surface area contributed by atoms with Gasteiger partial charge in [0.1, 0.15) is 5.78 Å². The maximum atomic E-state index is 12.0. The number of nitrogens with one attached hydrogen (secondary N) is 1. The molecule has 1 heterocycles. The van der Waals surface area contributed by atoms with E-state index in [1.165, 1.54) is 0 Å². The Morgan fingerprint density at radius 3 is 2.56 bits per heavy atom. The van der Waals surface area contributed by atoms with Crippen LogP contribution in [0.4, 0.5) is 0 Å². The first-order chi connectivity index (χ1) is 7.66. The zero-order valence-electron chi connectivity index (χ0n) is 9.37. The highest BCUT2D eigenvalue weighted by molar-refractivity contribution is 9.10. The number of Topliss-reactive ketones (excluding diaryl/α,β-unsaturated/α-hetero) is 1. The Kier molecular flexibility index (Phi) is 3.77. The molecule has 1 aromatic rings. The first-order valence-corrected chi connectivity index (χ1v) is 6.44. The Morgan fingerprint density at radius 2 is 2.06 bits per heavy atom. The lowest BCUT2D eigenvalue weighted by atomic mass is 9.84. The second-order valence-corrected chi connectivity index (χ2v) is 5.39. The maximum absolute atomic E-state index is 12.0. The van der Waals surface area contributed by atoms with Crippen molar-refractivity contribution in [2.75, 3.05) is 13.1 Å². The highest BCUT2D eigenvalue weighted by atomic mass is 79.9. The van der Waals surface area contributed by atoms with E-state index in [1.54, 1.807) is 0 Å². The minimum Gasteiger partial charge on any atom is -0.316 e. The molecule has 1 aliphatic rings. The summed E-state index contributed by atoms with van der Waals surface area (Å²) < 4.78 is 1.06. The molecule has 16 heavy (non-hydrogen) atoms. The predicted octanol–water partition coefficient (Wildman–Crippen LogP) is 2.42. The zero-order chi connectivity index (χ0) is 11.5. The third kappa shape index (κ3) is 2.71. The molecular formula is C13H16BrNO. The average molecular weight is 282 g/mol. The molecule has 86 valence electrons. The number of ketones is 1. The minimum atomic E-state index is 0.185. The van der Waals surface area contributed by atoms with Gasteiger partial charge in [0.25, 0.3) is 0 Å². The largest absolute Gasteiger partial charge is 0.316 e. The van der Waals surface area contributed by atoms with Crippen molar-refractivity contribution in [2.45, 2.75) is 13.3 Å². The van der Waals surface area contributed by atoms with E-state index in [0.29, 0.717) is 18.1 Å². The number of carbonyl (C=O) groups is 1. The fourth-order valence-corrected chi connectivity index (χ4v) is 2.16. The summed E-state index contributed by atoms with van der Waals surface area (Å²) in [6, 6.07) is 7.98. The van der Waals surface area contributed by atoms with Gasteiger partial charge in [0, 0.05) is 16.8 Å². The predicted molar refractivity (Wildman–Crippen MR) is 68.4 cm³/mol. The monoisotopic (exact) mass is 281 g/mol. The summed E-state index contributed by atoms with van der Waals surface area (Å²) in [4.78, 5) is 12.0. The lowest BCUT2D eigenvalue weighted by Gasteiger charge is -2.31. The van der Waals surface area contributed by atoms with Crippen molar-refractivity contribution in [1.82, 2.24) is 5.32 Å². The van der Waals surface area contributed by atoms with Crippen molar-refractivity contribution in [3.63, 3.8) is 0 Å². The molecule has 0 bridgehead atoms. The van der Waals surface area contributed by atoms with Crippen LogP contribution in [0.3, 0.4) is 0 Å². The van der Waals surface area contributed by atoms with E-state index in [4.69, 9.17) is 0 Å². The molecule has 1 N–H and O–H groups in total. The van der Waals surface area contributed by atoms with Gasteiger partial charge in [-0.2, -0.15) is 0 Å². The number of rotatable bonds is 4. The van der Waals surface area contributed by atoms with Crippen LogP contribution >= 0.6 is 15.9 Å². The van der Waals surface area contributed by atoms with Crippen molar-refractivity contribution < 1.29 is 4.79 Å². The minimum absolute atomic E-state index is 0.185. The number of halogens is 1. The van der Waals surface area contributed by atoms with E-state index in [-0.39, 0.29) is 5.92 Å². The third-order valence-electron chi connectivity index (χ3n) is 3.32. The average Bonchev–Trinajstić information content (AvgIpc) is 2.19. The molecule has 0 radical (unpaired) electrons. The van der Waals surface area contributed by atoms with Crippen molar-refractivity contribution in [3.8, 4) is 0 Å². The molecule has 0 aromatic heterocycles. The second-order valence-electron chi connectivity index (χ2n) is 4.48. The maximum Gasteiger partial charge on any atom is 0.140 e. The molecule has 1 unspecified atom stereocenters. The van der Waals surface area contributed by atoms with Gasteiger partial charge >= 0.3 is 0 Å². The molecule has 0 saturated carbocycles. The Hall–Kier alpha value is -0.670. The summed E-state index contributed by atoms with van der Waals surface area (Å²) >= 11 is 3.39. The van der Waals surface area contributed by atoms with Crippen LogP contribution in [0, 0.1) is 11.8 Å². The molecule has 3 heteroatoms. The van der Waals surface area contributed by atoms with Gasteiger partial charge < -0.3 is 5.32 Å². The van der Waals surface area contributed by atoms with E-state index in [1.807, 2.05) is 31.2 Å². The van der Waals surface area contributed by atoms with Crippen LogP contribution in [-0.2, 0) is 11.2 Å². The number of hydrogen-bond acceptors (Lipinski definition) is 2. The molecule has 1 saturated heterocycles. The fourth-order valence-electron chi connectivity index (χ4n) is 1.89. The standard InChI is InChI=1S/C13H16BrNO/c1-9(11-7-15-8-11)13(16)6-10-2-4-12(14)5-3-10/h2-5,9,11,15H,6-8H2,1H3. The molecule has 1 fully saturated rings. The van der Waals surface area contributed by atoms with Crippen LogP contribution in [0.15, 0.2) is 28.7 Å². The van der Waals surface area contributed by atoms with Gasteiger partial charge in [-0.15, -0.1) is 0 Å². The molecule has 2 nitrogen and oxygen atoms in total. The fraction of sp³-hybridized carbons (Fsp3) is 0.462. The smallest absolute Gasteiger partial charge is 0.140 e. The number of carbonyl (C=O) groups excluding carboxylic acids is 1. The lowest BCUT2D eigenvalue weighted by molar-refractivity contribution is -0.123. The SMILES string of the molecule is CC(C(=O)Cc1ccc(Br)cc1)C1CNC1. The van der Waals surface area contributed by atoms with Gasteiger partial charge in [0.05, 0.1) is 0 Å². The molecule has 0 spiro atoms. The highest BCUT2D eigenvalue weighted by Gasteiger charge is 2.28. The topological polar surface area (TPSA) is 29.1 Å². The summed E-state index contributed by atoms with van der Waals surface area (Å²) in [6.07, 6.45) is 0.560. The Balaban J connectivity index is 1.93. The van der Waals surface area contributed by atoms with Gasteiger partial charge in [0.2, 0.25) is 0 Å². The van der Waals surface area contributed by atoms with Crippen molar-refractivity contribution in [2.24, 2.45) is 11.8 Å². The molecule has 1 aromatic carbocycles. The van der Waals surface area contributed by atoms with Crippen LogP contribution in [0.1, 0.15) is 12.5 Å². The molecule has 0 amide bonds. The molecular weight excluding hydrogens is 266 g/mol. The Labute approximate surface area is 105 Å². The highest BCUT2D eigenvalue weighted by Crippen LogP contribution is 2.19.